The number of benzene rings is 1. The molecule has 1 unspecified atom stereocenters. The number of hydrogen-bond donors (Lipinski definition) is 7. The van der Waals surface area contributed by atoms with Crippen molar-refractivity contribution in [1.29, 1.82) is 0 Å². The standard InChI is InChI=1S/C19H23ClFN5O10P2/c1-8(9-4-2-3-5-10(9)21)22-15-12-16(24-19(20)23-15)26(25-17(12)29)18-14(28)13(27)11(36-18)6-35-38(33,34)7-37(30,31)32/h2-5,8,11,13-14,18,27-28H,6-7H2,1H3,(H,25,29)(H,33,34)(H,22,23,24)(H2,30,31,32)/t8-,11+,13+,14+,18+/m0/s1. The van der Waals surface area contributed by atoms with Gasteiger partial charge in [-0.15, -0.1) is 0 Å². The van der Waals surface area contributed by atoms with Crippen LogP contribution in [-0.2, 0) is 18.4 Å². The molecule has 1 fully saturated rings. The second-order valence-corrected chi connectivity index (χ2v) is 12.9. The summed E-state index contributed by atoms with van der Waals surface area (Å²) >= 11 is 6.06. The van der Waals surface area contributed by atoms with Crippen LogP contribution in [0.3, 0.4) is 0 Å². The lowest BCUT2D eigenvalue weighted by molar-refractivity contribution is -0.0543. The van der Waals surface area contributed by atoms with Gasteiger partial charge in [0.15, 0.2) is 17.8 Å². The van der Waals surface area contributed by atoms with E-state index in [1.807, 2.05) is 0 Å². The highest BCUT2D eigenvalue weighted by molar-refractivity contribution is 7.70. The number of rotatable bonds is 9. The first kappa shape index (κ1) is 28.8. The van der Waals surface area contributed by atoms with Gasteiger partial charge in [-0.2, -0.15) is 9.97 Å². The number of H-pyrrole nitrogens is 1. The van der Waals surface area contributed by atoms with Crippen LogP contribution >= 0.6 is 26.8 Å². The maximum Gasteiger partial charge on any atom is 0.340 e. The van der Waals surface area contributed by atoms with Crippen LogP contribution in [0.1, 0.15) is 24.8 Å². The predicted molar refractivity (Wildman–Crippen MR) is 130 cm³/mol. The predicted octanol–water partition coefficient (Wildman–Crippen LogP) is 1.04. The monoisotopic (exact) mass is 597 g/mol. The van der Waals surface area contributed by atoms with Crippen LogP contribution < -0.4 is 10.9 Å². The highest BCUT2D eigenvalue weighted by atomic mass is 35.5. The molecule has 1 aliphatic rings. The Kier molecular flexibility index (Phi) is 8.13. The zero-order chi connectivity index (χ0) is 28.0. The molecule has 0 amide bonds. The fourth-order valence-corrected chi connectivity index (χ4v) is 6.70. The number of anilines is 1. The molecule has 0 bridgehead atoms. The fourth-order valence-electron chi connectivity index (χ4n) is 3.97. The van der Waals surface area contributed by atoms with Crippen molar-refractivity contribution in [3.63, 3.8) is 0 Å². The second kappa shape index (κ2) is 10.7. The van der Waals surface area contributed by atoms with E-state index in [0.29, 0.717) is 0 Å². The fraction of sp³-hybridized carbons (Fsp3) is 0.421. The normalized spacial score (nSPS) is 24.4. The molecule has 6 atom stereocenters. The van der Waals surface area contributed by atoms with Crippen LogP contribution in [0.4, 0.5) is 10.2 Å². The van der Waals surface area contributed by atoms with E-state index in [0.717, 1.165) is 4.68 Å². The first-order valence-electron chi connectivity index (χ1n) is 10.9. The molecule has 4 rings (SSSR count). The van der Waals surface area contributed by atoms with Crippen molar-refractivity contribution in [3.05, 3.63) is 51.3 Å². The van der Waals surface area contributed by atoms with Crippen molar-refractivity contribution in [3.8, 4) is 0 Å². The maximum absolute atomic E-state index is 14.2. The van der Waals surface area contributed by atoms with Crippen molar-refractivity contribution >= 4 is 43.6 Å². The average Bonchev–Trinajstić information content (AvgIpc) is 3.27. The van der Waals surface area contributed by atoms with Crippen molar-refractivity contribution in [2.24, 2.45) is 0 Å². The SMILES string of the molecule is C[C@H](Nc1nc(Cl)nc2c1c(=O)[nH]n2[C@@H]1O[C@H](COP(=O)(O)CP(=O)(O)O)[C@@H](O)[C@H]1O)c1ccccc1F. The lowest BCUT2D eigenvalue weighted by Crippen LogP contribution is -2.34. The van der Waals surface area contributed by atoms with Gasteiger partial charge < -0.3 is 39.5 Å². The van der Waals surface area contributed by atoms with Crippen LogP contribution in [0.25, 0.3) is 11.0 Å². The van der Waals surface area contributed by atoms with Gasteiger partial charge in [0.05, 0.1) is 12.6 Å². The molecule has 0 aliphatic carbocycles. The number of aliphatic hydroxyl groups is 2. The van der Waals surface area contributed by atoms with Gasteiger partial charge in [0.2, 0.25) is 5.28 Å². The summed E-state index contributed by atoms with van der Waals surface area (Å²) in [7, 11) is -9.66. The van der Waals surface area contributed by atoms with Gasteiger partial charge >= 0.3 is 15.2 Å². The summed E-state index contributed by atoms with van der Waals surface area (Å²) in [5.41, 5.74) is -0.608. The zero-order valence-electron chi connectivity index (χ0n) is 19.4. The minimum atomic E-state index is -4.89. The second-order valence-electron chi connectivity index (χ2n) is 8.52. The summed E-state index contributed by atoms with van der Waals surface area (Å²) in [6, 6.07) is 5.30. The Morgan fingerprint density at radius 2 is 1.92 bits per heavy atom. The molecule has 0 radical (unpaired) electrons. The molecule has 38 heavy (non-hydrogen) atoms. The molecule has 15 nitrogen and oxygen atoms in total. The van der Waals surface area contributed by atoms with Gasteiger partial charge in [-0.05, 0) is 24.6 Å². The maximum atomic E-state index is 14.2. The molecule has 2 aromatic heterocycles. The van der Waals surface area contributed by atoms with E-state index in [4.69, 9.17) is 26.1 Å². The van der Waals surface area contributed by atoms with Crippen molar-refractivity contribution < 1.29 is 47.7 Å². The minimum absolute atomic E-state index is 0.0534. The molecular formula is C19H23ClFN5O10P2. The van der Waals surface area contributed by atoms with Crippen LogP contribution in [0, 0.1) is 5.82 Å². The largest absolute Gasteiger partial charge is 0.387 e. The van der Waals surface area contributed by atoms with Crippen molar-refractivity contribution in [1.82, 2.24) is 19.7 Å². The van der Waals surface area contributed by atoms with E-state index in [9.17, 15) is 33.4 Å². The zero-order valence-corrected chi connectivity index (χ0v) is 21.9. The molecule has 0 saturated carbocycles. The summed E-state index contributed by atoms with van der Waals surface area (Å²) in [6.07, 6.45) is -6.35. The van der Waals surface area contributed by atoms with Crippen molar-refractivity contribution in [2.75, 3.05) is 17.8 Å². The van der Waals surface area contributed by atoms with E-state index in [1.165, 1.54) is 12.1 Å². The summed E-state index contributed by atoms with van der Waals surface area (Å²) in [5.74, 6) is -2.00. The number of ether oxygens (including phenoxy) is 1. The van der Waals surface area contributed by atoms with Gasteiger partial charge in [-0.3, -0.25) is 19.0 Å². The first-order valence-corrected chi connectivity index (χ1v) is 14.8. The molecule has 3 aromatic rings. The molecular weight excluding hydrogens is 575 g/mol. The van der Waals surface area contributed by atoms with Crippen LogP contribution in [0.2, 0.25) is 5.28 Å². The van der Waals surface area contributed by atoms with Gasteiger partial charge in [0.1, 0.15) is 35.3 Å². The Morgan fingerprint density at radius 3 is 2.58 bits per heavy atom. The highest BCUT2D eigenvalue weighted by Crippen LogP contribution is 2.55. The van der Waals surface area contributed by atoms with E-state index >= 15 is 0 Å². The third-order valence-corrected chi connectivity index (χ3v) is 9.29. The summed E-state index contributed by atoms with van der Waals surface area (Å²) in [4.78, 5) is 48.3. The molecule has 7 N–H and O–H groups in total. The number of nitrogens with zero attached hydrogens (tertiary/aromatic N) is 3. The number of fused-ring (bicyclic) bond motifs is 1. The van der Waals surface area contributed by atoms with Gasteiger partial charge in [0.25, 0.3) is 5.56 Å². The molecule has 1 aromatic carbocycles. The topological polar surface area (TPSA) is 229 Å². The number of hydrogen-bond acceptors (Lipinski definition) is 10. The van der Waals surface area contributed by atoms with E-state index in [2.05, 4.69) is 24.9 Å². The number of nitrogens with one attached hydrogen (secondary N) is 2. The number of halogens is 2. The number of aromatic amines is 1. The third kappa shape index (κ3) is 6.15. The molecule has 208 valence electrons. The third-order valence-electron chi connectivity index (χ3n) is 5.66. The Labute approximate surface area is 217 Å². The average molecular weight is 598 g/mol. The van der Waals surface area contributed by atoms with E-state index < -0.39 is 69.7 Å². The van der Waals surface area contributed by atoms with Gasteiger partial charge in [-0.1, -0.05) is 18.2 Å². The number of aromatic nitrogens is 4. The smallest absolute Gasteiger partial charge is 0.340 e. The molecule has 3 heterocycles. The summed E-state index contributed by atoms with van der Waals surface area (Å²) < 4.78 is 48.3. The highest BCUT2D eigenvalue weighted by Gasteiger charge is 2.46. The van der Waals surface area contributed by atoms with Crippen LogP contribution in [0.5, 0.6) is 0 Å². The van der Waals surface area contributed by atoms with Crippen LogP contribution in [-0.4, -0.2) is 75.5 Å². The lowest BCUT2D eigenvalue weighted by Gasteiger charge is -2.18. The quantitative estimate of drug-likeness (QED) is 0.135. The molecule has 19 heteroatoms. The Bertz CT molecular complexity index is 1500. The minimum Gasteiger partial charge on any atom is -0.387 e. The Morgan fingerprint density at radius 1 is 1.24 bits per heavy atom. The molecule has 1 aliphatic heterocycles. The van der Waals surface area contributed by atoms with Gasteiger partial charge in [-0.25, -0.2) is 9.07 Å². The van der Waals surface area contributed by atoms with E-state index in [-0.39, 0.29) is 27.7 Å². The Balaban J connectivity index is 1.61. The molecule has 0 spiro atoms. The summed E-state index contributed by atoms with van der Waals surface area (Å²) in [5, 5.41) is 25.8. The van der Waals surface area contributed by atoms with Crippen molar-refractivity contribution in [2.45, 2.75) is 37.5 Å². The van der Waals surface area contributed by atoms with Gasteiger partial charge in [0, 0.05) is 5.56 Å². The first-order chi connectivity index (χ1) is 17.7. The summed E-state index contributed by atoms with van der Waals surface area (Å²) in [6.45, 7) is 0.803. The Hall–Kier alpha value is -2.23. The lowest BCUT2D eigenvalue weighted by atomic mass is 10.1. The molecule has 1 saturated heterocycles. The van der Waals surface area contributed by atoms with Crippen LogP contribution in [0.15, 0.2) is 29.1 Å². The van der Waals surface area contributed by atoms with E-state index in [1.54, 1.807) is 19.1 Å². The number of aliphatic hydroxyl groups excluding tert-OH is 2.